The number of amides is 1. The maximum absolute atomic E-state index is 11.5. The van der Waals surface area contributed by atoms with Crippen molar-refractivity contribution >= 4 is 11.7 Å². The molecule has 2 N–H and O–H groups in total. The van der Waals surface area contributed by atoms with Crippen LogP contribution >= 0.6 is 0 Å². The zero-order chi connectivity index (χ0) is 12.2. The van der Waals surface area contributed by atoms with Crippen LogP contribution in [0.2, 0.25) is 0 Å². The first-order valence-corrected chi connectivity index (χ1v) is 5.21. The molecular formula is C11H18N4O. The number of aryl methyl sites for hydroxylation is 1. The first-order valence-electron chi connectivity index (χ1n) is 5.21. The molecule has 16 heavy (non-hydrogen) atoms. The molecule has 1 heterocycles. The van der Waals surface area contributed by atoms with Crippen LogP contribution in [0.1, 0.15) is 19.7 Å². The molecule has 0 aliphatic rings. The lowest BCUT2D eigenvalue weighted by atomic mass is 9.92. The van der Waals surface area contributed by atoms with Crippen LogP contribution in [0.25, 0.3) is 0 Å². The second-order valence-corrected chi connectivity index (χ2v) is 4.31. The van der Waals surface area contributed by atoms with Crippen molar-refractivity contribution < 1.29 is 4.79 Å². The topological polar surface area (TPSA) is 66.9 Å². The van der Waals surface area contributed by atoms with Gasteiger partial charge >= 0.3 is 0 Å². The summed E-state index contributed by atoms with van der Waals surface area (Å²) in [4.78, 5) is 19.8. The third kappa shape index (κ3) is 3.18. The van der Waals surface area contributed by atoms with Gasteiger partial charge in [-0.2, -0.15) is 0 Å². The Kier molecular flexibility index (Phi) is 3.82. The van der Waals surface area contributed by atoms with Gasteiger partial charge in [0.05, 0.1) is 5.41 Å². The van der Waals surface area contributed by atoms with E-state index in [2.05, 4.69) is 20.6 Å². The van der Waals surface area contributed by atoms with E-state index >= 15 is 0 Å². The van der Waals surface area contributed by atoms with Crippen LogP contribution in [0.5, 0.6) is 0 Å². The molecule has 1 aromatic heterocycles. The van der Waals surface area contributed by atoms with E-state index in [1.807, 2.05) is 20.8 Å². The van der Waals surface area contributed by atoms with Crippen LogP contribution in [0.4, 0.5) is 5.82 Å². The second-order valence-electron chi connectivity index (χ2n) is 4.31. The van der Waals surface area contributed by atoms with Gasteiger partial charge in [-0.1, -0.05) is 0 Å². The summed E-state index contributed by atoms with van der Waals surface area (Å²) in [5.41, 5.74) is -0.465. The number of hydrogen-bond donors (Lipinski definition) is 2. The van der Waals surface area contributed by atoms with E-state index < -0.39 is 5.41 Å². The average Bonchev–Trinajstić information content (AvgIpc) is 2.25. The highest BCUT2D eigenvalue weighted by molar-refractivity contribution is 5.82. The molecule has 0 saturated carbocycles. The van der Waals surface area contributed by atoms with Gasteiger partial charge in [0.1, 0.15) is 11.6 Å². The Labute approximate surface area is 95.7 Å². The van der Waals surface area contributed by atoms with Crippen LogP contribution in [-0.2, 0) is 4.79 Å². The summed E-state index contributed by atoms with van der Waals surface area (Å²) in [6, 6.07) is 1.78. The van der Waals surface area contributed by atoms with Crippen molar-refractivity contribution in [2.24, 2.45) is 5.41 Å². The quantitative estimate of drug-likeness (QED) is 0.796. The molecule has 1 amide bonds. The van der Waals surface area contributed by atoms with Gasteiger partial charge in [-0.3, -0.25) is 4.79 Å². The number of hydrogen-bond acceptors (Lipinski definition) is 4. The van der Waals surface area contributed by atoms with Gasteiger partial charge in [-0.25, -0.2) is 9.97 Å². The Hall–Kier alpha value is -1.65. The molecule has 0 aliphatic carbocycles. The van der Waals surface area contributed by atoms with Crippen molar-refractivity contribution in [2.45, 2.75) is 20.8 Å². The predicted molar refractivity (Wildman–Crippen MR) is 63.1 cm³/mol. The predicted octanol–water partition coefficient (Wildman–Crippen LogP) is 0.969. The standard InChI is InChI=1S/C11H18N4O/c1-8-13-6-5-9(15-8)14-7-11(2,3)10(16)12-4/h5-6H,7H2,1-4H3,(H,12,16)(H,13,14,15). The molecule has 88 valence electrons. The summed E-state index contributed by atoms with van der Waals surface area (Å²) >= 11 is 0. The molecule has 5 heteroatoms. The van der Waals surface area contributed by atoms with E-state index in [-0.39, 0.29) is 5.91 Å². The first-order chi connectivity index (χ1) is 7.45. The van der Waals surface area contributed by atoms with E-state index in [1.165, 1.54) is 0 Å². The highest BCUT2D eigenvalue weighted by Crippen LogP contribution is 2.15. The lowest BCUT2D eigenvalue weighted by Crippen LogP contribution is -2.39. The van der Waals surface area contributed by atoms with Crippen molar-refractivity contribution in [3.8, 4) is 0 Å². The fraction of sp³-hybridized carbons (Fsp3) is 0.545. The Morgan fingerprint density at radius 2 is 2.19 bits per heavy atom. The molecule has 0 unspecified atom stereocenters. The molecule has 0 fully saturated rings. The molecule has 5 nitrogen and oxygen atoms in total. The van der Waals surface area contributed by atoms with E-state index in [1.54, 1.807) is 19.3 Å². The molecular weight excluding hydrogens is 204 g/mol. The number of nitrogens with zero attached hydrogens (tertiary/aromatic N) is 2. The summed E-state index contributed by atoms with van der Waals surface area (Å²) in [6.07, 6.45) is 1.69. The van der Waals surface area contributed by atoms with Gasteiger partial charge in [0, 0.05) is 19.8 Å². The maximum Gasteiger partial charge on any atom is 0.227 e. The molecule has 0 atom stereocenters. The Morgan fingerprint density at radius 1 is 1.50 bits per heavy atom. The minimum atomic E-state index is -0.465. The zero-order valence-electron chi connectivity index (χ0n) is 10.2. The summed E-state index contributed by atoms with van der Waals surface area (Å²) in [7, 11) is 1.64. The molecule has 0 saturated heterocycles. The van der Waals surface area contributed by atoms with Crippen molar-refractivity contribution in [1.82, 2.24) is 15.3 Å². The second kappa shape index (κ2) is 4.92. The fourth-order valence-electron chi connectivity index (χ4n) is 1.28. The third-order valence-corrected chi connectivity index (χ3v) is 2.33. The van der Waals surface area contributed by atoms with E-state index in [0.717, 1.165) is 5.82 Å². The number of nitrogens with one attached hydrogen (secondary N) is 2. The number of aromatic nitrogens is 2. The fourth-order valence-corrected chi connectivity index (χ4v) is 1.28. The van der Waals surface area contributed by atoms with Crippen LogP contribution in [0.3, 0.4) is 0 Å². The third-order valence-electron chi connectivity index (χ3n) is 2.33. The summed E-state index contributed by atoms with van der Waals surface area (Å²) in [6.45, 7) is 6.12. The van der Waals surface area contributed by atoms with E-state index in [0.29, 0.717) is 12.4 Å². The van der Waals surface area contributed by atoms with E-state index in [9.17, 15) is 4.79 Å². The molecule has 0 spiro atoms. The summed E-state index contributed by atoms with van der Waals surface area (Å²) in [5, 5.41) is 5.77. The van der Waals surface area contributed by atoms with Crippen LogP contribution in [0.15, 0.2) is 12.3 Å². The van der Waals surface area contributed by atoms with Crippen LogP contribution in [-0.4, -0.2) is 29.5 Å². The Balaban J connectivity index is 2.61. The Bertz CT molecular complexity index is 376. The molecule has 0 aromatic carbocycles. The highest BCUT2D eigenvalue weighted by atomic mass is 16.2. The minimum absolute atomic E-state index is 0.00535. The largest absolute Gasteiger partial charge is 0.369 e. The lowest BCUT2D eigenvalue weighted by molar-refractivity contribution is -0.128. The van der Waals surface area contributed by atoms with Crippen molar-refractivity contribution in [3.05, 3.63) is 18.1 Å². The Morgan fingerprint density at radius 3 is 2.75 bits per heavy atom. The van der Waals surface area contributed by atoms with Crippen molar-refractivity contribution in [2.75, 3.05) is 18.9 Å². The van der Waals surface area contributed by atoms with Gasteiger partial charge in [0.2, 0.25) is 5.91 Å². The van der Waals surface area contributed by atoms with Crippen LogP contribution < -0.4 is 10.6 Å². The van der Waals surface area contributed by atoms with Gasteiger partial charge in [-0.15, -0.1) is 0 Å². The van der Waals surface area contributed by atoms with Gasteiger partial charge in [0.15, 0.2) is 0 Å². The number of rotatable bonds is 4. The van der Waals surface area contributed by atoms with Crippen LogP contribution in [0, 0.1) is 12.3 Å². The molecule has 1 rings (SSSR count). The lowest BCUT2D eigenvalue weighted by Gasteiger charge is -2.23. The molecule has 0 aliphatic heterocycles. The van der Waals surface area contributed by atoms with Gasteiger partial charge in [0.25, 0.3) is 0 Å². The summed E-state index contributed by atoms with van der Waals surface area (Å²) < 4.78 is 0. The normalized spacial score (nSPS) is 11.0. The van der Waals surface area contributed by atoms with E-state index in [4.69, 9.17) is 0 Å². The van der Waals surface area contributed by atoms with Gasteiger partial charge in [-0.05, 0) is 26.8 Å². The monoisotopic (exact) mass is 222 g/mol. The average molecular weight is 222 g/mol. The zero-order valence-corrected chi connectivity index (χ0v) is 10.2. The molecule has 0 radical (unpaired) electrons. The molecule has 1 aromatic rings. The summed E-state index contributed by atoms with van der Waals surface area (Å²) in [5.74, 6) is 1.46. The number of anilines is 1. The smallest absolute Gasteiger partial charge is 0.227 e. The van der Waals surface area contributed by atoms with Crippen molar-refractivity contribution in [1.29, 1.82) is 0 Å². The maximum atomic E-state index is 11.5. The molecule has 0 bridgehead atoms. The first kappa shape index (κ1) is 12.4. The highest BCUT2D eigenvalue weighted by Gasteiger charge is 2.26. The minimum Gasteiger partial charge on any atom is -0.369 e. The number of carbonyl (C=O) groups is 1. The van der Waals surface area contributed by atoms with Gasteiger partial charge < -0.3 is 10.6 Å². The SMILES string of the molecule is CNC(=O)C(C)(C)CNc1ccnc(C)n1. The number of carbonyl (C=O) groups excluding carboxylic acids is 1. The van der Waals surface area contributed by atoms with Crippen molar-refractivity contribution in [3.63, 3.8) is 0 Å².